The Hall–Kier alpha value is -8.58. The number of hydrogen-bond donors (Lipinski definition) is 0. The molecule has 0 spiro atoms. The molecule has 0 saturated heterocycles. The molecule has 0 saturated carbocycles. The molecule has 0 fully saturated rings. The number of hydrogen-bond acceptors (Lipinski definition) is 3. The summed E-state index contributed by atoms with van der Waals surface area (Å²) in [5.41, 5.74) is 22.9. The second kappa shape index (κ2) is 15.8. The van der Waals surface area contributed by atoms with Gasteiger partial charge < -0.3 is 9.80 Å². The van der Waals surface area contributed by atoms with Crippen LogP contribution in [0.5, 0.6) is 0 Å². The molecule has 68 heavy (non-hydrogen) atoms. The van der Waals surface area contributed by atoms with Gasteiger partial charge in [-0.25, -0.2) is 0 Å². The average Bonchev–Trinajstić information content (AvgIpc) is 3.49. The van der Waals surface area contributed by atoms with Crippen molar-refractivity contribution < 1.29 is 0 Å². The van der Waals surface area contributed by atoms with Crippen LogP contribution >= 0.6 is 0 Å². The highest BCUT2D eigenvalue weighted by Crippen LogP contribution is 2.56. The molecule has 10 aromatic carbocycles. The van der Waals surface area contributed by atoms with Crippen LogP contribution in [0.15, 0.2) is 212 Å². The molecule has 0 atom stereocenters. The first-order valence-corrected chi connectivity index (χ1v) is 23.7. The first-order valence-electron chi connectivity index (χ1n) is 23.7. The zero-order valence-corrected chi connectivity index (χ0v) is 38.1. The lowest BCUT2D eigenvalue weighted by Gasteiger charge is -2.39. The van der Waals surface area contributed by atoms with Crippen LogP contribution in [0.4, 0.5) is 51.2 Å². The smallest absolute Gasteiger partial charge is 0.122 e. The van der Waals surface area contributed by atoms with Crippen molar-refractivity contribution in [3.63, 3.8) is 0 Å². The molecule has 10 aromatic rings. The molecule has 0 N–H and O–H groups in total. The van der Waals surface area contributed by atoms with E-state index in [1.165, 1.54) is 83.5 Å². The minimum absolute atomic E-state index is 0.199. The van der Waals surface area contributed by atoms with Crippen molar-refractivity contribution in [1.29, 1.82) is 0 Å². The summed E-state index contributed by atoms with van der Waals surface area (Å²) in [4.78, 5) is 7.17. The van der Waals surface area contributed by atoms with E-state index in [-0.39, 0.29) is 5.41 Å². The third kappa shape index (κ3) is 6.37. The fourth-order valence-electron chi connectivity index (χ4n) is 11.2. The summed E-state index contributed by atoms with van der Waals surface area (Å²) in [7, 11) is 0. The van der Waals surface area contributed by atoms with E-state index >= 15 is 0 Å². The van der Waals surface area contributed by atoms with Gasteiger partial charge in [-0.2, -0.15) is 0 Å². The average molecular weight is 870 g/mol. The molecular weight excluding hydrogens is 823 g/mol. The first kappa shape index (κ1) is 39.8. The quantitative estimate of drug-likeness (QED) is 0.154. The molecule has 13 rings (SSSR count). The third-order valence-corrected chi connectivity index (χ3v) is 14.5. The third-order valence-electron chi connectivity index (χ3n) is 14.5. The van der Waals surface area contributed by atoms with Gasteiger partial charge in [0.25, 0.3) is 0 Å². The van der Waals surface area contributed by atoms with Crippen LogP contribution in [0.25, 0.3) is 45.2 Å². The molecule has 3 heteroatoms. The Morgan fingerprint density at radius 3 is 1.72 bits per heavy atom. The predicted molar refractivity (Wildman–Crippen MR) is 285 cm³/mol. The van der Waals surface area contributed by atoms with Crippen LogP contribution in [0.3, 0.4) is 0 Å². The highest BCUT2D eigenvalue weighted by molar-refractivity contribution is 6.07. The van der Waals surface area contributed by atoms with Crippen molar-refractivity contribution in [1.82, 2.24) is 0 Å². The standard InChI is InChI=1S/C65H47N3/c1-65(2)56-42-45(32-38-53(56)54-39-37-50(43-57(54)65)67-63-26-14-12-24-61(63)66(49-18-4-3-5-19-49)62-25-13-15-27-64(62)67)29-28-44-30-33-46(34-31-44)51-40-41-60(55-21-9-8-20-52(51)55)68-58-22-10-6-16-47(58)35-36-48-17-7-11-23-59(48)68/h3-12,14-24,26-34,37-43H,35-36H2,1-2H3. The van der Waals surface area contributed by atoms with Crippen molar-refractivity contribution in [3.8, 4) is 22.3 Å². The zero-order chi connectivity index (χ0) is 45.3. The molecule has 2 heterocycles. The summed E-state index contributed by atoms with van der Waals surface area (Å²) in [6.07, 6.45) is 6.56. The number of benzene rings is 9. The van der Waals surface area contributed by atoms with Crippen molar-refractivity contribution in [3.05, 3.63) is 258 Å². The Balaban J connectivity index is 0.791. The lowest BCUT2D eigenvalue weighted by Crippen LogP contribution is -2.24. The van der Waals surface area contributed by atoms with Gasteiger partial charge in [0.2, 0.25) is 0 Å². The topological polar surface area (TPSA) is 9.72 Å². The summed E-state index contributed by atoms with van der Waals surface area (Å²) in [6, 6.07) is 84.4. The summed E-state index contributed by atoms with van der Waals surface area (Å²) in [6.45, 7) is 4.74. The van der Waals surface area contributed by atoms with Crippen molar-refractivity contribution in [2.24, 2.45) is 0 Å². The fraction of sp³-hybridized carbons (Fsp3) is 0.0769. The fourth-order valence-corrected chi connectivity index (χ4v) is 11.2. The van der Waals surface area contributed by atoms with Crippen molar-refractivity contribution >= 4 is 74.1 Å². The predicted octanol–water partition coefficient (Wildman–Crippen LogP) is 17.4. The maximum atomic E-state index is 3.48. The molecule has 2 aliphatic heterocycles. The van der Waals surface area contributed by atoms with Gasteiger partial charge in [0, 0.05) is 33.6 Å². The minimum atomic E-state index is -0.199. The molecule has 3 aliphatic rings. The SMILES string of the molecule is CC1(C)c2cc(C=Cc3ccc(-c4ccc(N5c6ccccc6CCc6ccccc65)c5ccccc45)cc3)ccc2-c2ccc(N3c4ccc#cc4N(c4ccccc4)c4ccccc43)cc21. The van der Waals surface area contributed by atoms with E-state index in [2.05, 4.69) is 259 Å². The summed E-state index contributed by atoms with van der Waals surface area (Å²) in [5.74, 6) is 0. The van der Waals surface area contributed by atoms with Crippen LogP contribution in [0.2, 0.25) is 0 Å². The molecule has 1 aliphatic carbocycles. The van der Waals surface area contributed by atoms with Gasteiger partial charge >= 0.3 is 0 Å². The highest BCUT2D eigenvalue weighted by atomic mass is 15.3. The first-order chi connectivity index (χ1) is 33.5. The molecular formula is C65H47N3. The van der Waals surface area contributed by atoms with E-state index in [4.69, 9.17) is 0 Å². The molecule has 0 aromatic heterocycles. The minimum Gasteiger partial charge on any atom is -0.309 e. The summed E-state index contributed by atoms with van der Waals surface area (Å²) >= 11 is 0. The van der Waals surface area contributed by atoms with Crippen LogP contribution in [-0.4, -0.2) is 0 Å². The molecule has 0 radical (unpaired) electrons. The number of nitrogens with zero attached hydrogens (tertiary/aromatic N) is 3. The Morgan fingerprint density at radius 2 is 0.985 bits per heavy atom. The molecule has 0 amide bonds. The van der Waals surface area contributed by atoms with Crippen molar-refractivity contribution in [2.75, 3.05) is 14.7 Å². The van der Waals surface area contributed by atoms with Gasteiger partial charge in [0.15, 0.2) is 0 Å². The van der Waals surface area contributed by atoms with Crippen LogP contribution < -0.4 is 14.7 Å². The normalized spacial score (nSPS) is 14.1. The van der Waals surface area contributed by atoms with E-state index in [1.807, 2.05) is 6.07 Å². The monoisotopic (exact) mass is 869 g/mol. The second-order valence-electron chi connectivity index (χ2n) is 18.7. The highest BCUT2D eigenvalue weighted by Gasteiger charge is 2.37. The van der Waals surface area contributed by atoms with Gasteiger partial charge in [0.1, 0.15) is 5.69 Å². The zero-order valence-electron chi connectivity index (χ0n) is 38.1. The van der Waals surface area contributed by atoms with Crippen LogP contribution in [-0.2, 0) is 18.3 Å². The number of anilines is 9. The second-order valence-corrected chi connectivity index (χ2v) is 18.7. The van der Waals surface area contributed by atoms with E-state index in [0.717, 1.165) is 47.0 Å². The Kier molecular flexibility index (Phi) is 9.24. The van der Waals surface area contributed by atoms with E-state index < -0.39 is 0 Å². The summed E-state index contributed by atoms with van der Waals surface area (Å²) < 4.78 is 0. The van der Waals surface area contributed by atoms with Gasteiger partial charge in [-0.3, -0.25) is 4.90 Å². The van der Waals surface area contributed by atoms with Crippen LogP contribution in [0, 0.1) is 12.1 Å². The summed E-state index contributed by atoms with van der Waals surface area (Å²) in [5, 5.41) is 2.49. The Morgan fingerprint density at radius 1 is 0.412 bits per heavy atom. The number of aryl methyl sites for hydroxylation is 2. The maximum Gasteiger partial charge on any atom is 0.122 e. The van der Waals surface area contributed by atoms with E-state index in [0.29, 0.717) is 0 Å². The lowest BCUT2D eigenvalue weighted by molar-refractivity contribution is 0.660. The number of fused-ring (bicyclic) bond motifs is 8. The van der Waals surface area contributed by atoms with E-state index in [9.17, 15) is 0 Å². The van der Waals surface area contributed by atoms with Crippen LogP contribution in [0.1, 0.15) is 47.2 Å². The van der Waals surface area contributed by atoms with Gasteiger partial charge in [-0.1, -0.05) is 178 Å². The molecule has 322 valence electrons. The van der Waals surface area contributed by atoms with Gasteiger partial charge in [0.05, 0.1) is 22.7 Å². The van der Waals surface area contributed by atoms with Crippen molar-refractivity contribution in [2.45, 2.75) is 32.1 Å². The van der Waals surface area contributed by atoms with Gasteiger partial charge in [-0.15, -0.1) is 0 Å². The maximum absolute atomic E-state index is 3.48. The van der Waals surface area contributed by atoms with Gasteiger partial charge in [-0.05, 0) is 147 Å². The number of rotatable bonds is 6. The Labute approximate surface area is 399 Å². The number of para-hydroxylation sites is 5. The molecule has 0 unspecified atom stereocenters. The molecule has 0 bridgehead atoms. The Bertz CT molecular complexity index is 3520. The largest absolute Gasteiger partial charge is 0.309 e. The molecule has 3 nitrogen and oxygen atoms in total. The van der Waals surface area contributed by atoms with E-state index in [1.54, 1.807) is 0 Å². The lowest BCUT2D eigenvalue weighted by atomic mass is 9.81.